The van der Waals surface area contributed by atoms with Gasteiger partial charge in [-0.25, -0.2) is 4.39 Å². The molecule has 0 radical (unpaired) electrons. The quantitative estimate of drug-likeness (QED) is 0.672. The van der Waals surface area contributed by atoms with Crippen molar-refractivity contribution in [2.24, 2.45) is 40.4 Å². The standard InChI is InChI=1S/C23H33FO4/c1-13(25)28-12-20(27)18-7-6-17-16-5-4-14-10-15(26)8-9-22(14,2)19(16)11-21(24)23(17,18)3/h14,16-19,21H,4-12H2,1-3H3/t14?,16-,17-,18+,19-,21?,22-,23-/m0/s1. The predicted molar refractivity (Wildman–Crippen MR) is 102 cm³/mol. The average Bonchev–Trinajstić information content (AvgIpc) is 3.00. The van der Waals surface area contributed by atoms with Crippen LogP contribution in [0.4, 0.5) is 4.39 Å². The second-order valence-corrected chi connectivity index (χ2v) is 10.3. The molecule has 4 nitrogen and oxygen atoms in total. The minimum absolute atomic E-state index is 0.0579. The van der Waals surface area contributed by atoms with Gasteiger partial charge in [0.05, 0.1) is 0 Å². The van der Waals surface area contributed by atoms with Crippen molar-refractivity contribution in [2.75, 3.05) is 6.61 Å². The number of esters is 1. The van der Waals surface area contributed by atoms with Gasteiger partial charge in [-0.15, -0.1) is 0 Å². The smallest absolute Gasteiger partial charge is 0.303 e. The number of alkyl halides is 1. The normalized spacial score (nSPS) is 47.6. The molecule has 0 spiro atoms. The van der Waals surface area contributed by atoms with Gasteiger partial charge in [0.25, 0.3) is 0 Å². The highest BCUT2D eigenvalue weighted by atomic mass is 19.1. The fourth-order valence-corrected chi connectivity index (χ4v) is 7.76. The van der Waals surface area contributed by atoms with E-state index in [1.165, 1.54) is 6.92 Å². The third-order valence-electron chi connectivity index (χ3n) is 9.34. The number of hydrogen-bond acceptors (Lipinski definition) is 4. The monoisotopic (exact) mass is 392 g/mol. The summed E-state index contributed by atoms with van der Waals surface area (Å²) in [4.78, 5) is 35.9. The molecule has 0 amide bonds. The van der Waals surface area contributed by atoms with Crippen LogP contribution in [0, 0.1) is 40.4 Å². The highest BCUT2D eigenvalue weighted by Gasteiger charge is 2.64. The van der Waals surface area contributed by atoms with E-state index in [0.717, 1.165) is 25.7 Å². The molecule has 5 heteroatoms. The lowest BCUT2D eigenvalue weighted by molar-refractivity contribution is -0.161. The minimum atomic E-state index is -1.01. The summed E-state index contributed by atoms with van der Waals surface area (Å²) in [6, 6.07) is 0. The molecule has 0 aliphatic heterocycles. The Balaban J connectivity index is 1.58. The Labute approximate surface area is 167 Å². The van der Waals surface area contributed by atoms with E-state index in [2.05, 4.69) is 6.92 Å². The summed E-state index contributed by atoms with van der Waals surface area (Å²) < 4.78 is 20.7. The van der Waals surface area contributed by atoms with Crippen molar-refractivity contribution in [2.45, 2.75) is 78.3 Å². The van der Waals surface area contributed by atoms with Gasteiger partial charge in [0, 0.05) is 31.1 Å². The van der Waals surface area contributed by atoms with Crippen LogP contribution in [0.3, 0.4) is 0 Å². The molecule has 4 aliphatic rings. The number of hydrogen-bond donors (Lipinski definition) is 0. The van der Waals surface area contributed by atoms with Gasteiger partial charge >= 0.3 is 5.97 Å². The summed E-state index contributed by atoms with van der Waals surface area (Å²) in [5.74, 6) is 0.794. The van der Waals surface area contributed by atoms with E-state index in [0.29, 0.717) is 49.2 Å². The molecular formula is C23H33FO4. The maximum Gasteiger partial charge on any atom is 0.303 e. The van der Waals surface area contributed by atoms with Crippen molar-refractivity contribution >= 4 is 17.5 Å². The first-order chi connectivity index (χ1) is 13.2. The first-order valence-corrected chi connectivity index (χ1v) is 11.0. The van der Waals surface area contributed by atoms with E-state index < -0.39 is 17.6 Å². The number of halogens is 1. The molecule has 0 heterocycles. The molecule has 0 bridgehead atoms. The first-order valence-electron chi connectivity index (χ1n) is 11.0. The van der Waals surface area contributed by atoms with Crippen LogP contribution in [0.2, 0.25) is 0 Å². The Morgan fingerprint density at radius 3 is 2.61 bits per heavy atom. The molecule has 0 aromatic carbocycles. The fraction of sp³-hybridized carbons (Fsp3) is 0.870. The molecule has 28 heavy (non-hydrogen) atoms. The van der Waals surface area contributed by atoms with Crippen LogP contribution in [0.15, 0.2) is 0 Å². The Morgan fingerprint density at radius 1 is 1.14 bits per heavy atom. The second kappa shape index (κ2) is 6.91. The number of carbonyl (C=O) groups is 3. The van der Waals surface area contributed by atoms with Gasteiger partial charge in [-0.05, 0) is 67.6 Å². The van der Waals surface area contributed by atoms with E-state index in [4.69, 9.17) is 4.74 Å². The lowest BCUT2D eigenvalue weighted by Gasteiger charge is -2.61. The number of fused-ring (bicyclic) bond motifs is 5. The Morgan fingerprint density at radius 2 is 1.89 bits per heavy atom. The van der Waals surface area contributed by atoms with E-state index in [-0.39, 0.29) is 29.6 Å². The molecular weight excluding hydrogens is 359 g/mol. The van der Waals surface area contributed by atoms with Gasteiger partial charge in [-0.1, -0.05) is 13.8 Å². The Hall–Kier alpha value is -1.26. The highest BCUT2D eigenvalue weighted by molar-refractivity contribution is 5.85. The Bertz CT molecular complexity index is 690. The van der Waals surface area contributed by atoms with Crippen molar-refractivity contribution < 1.29 is 23.5 Å². The summed E-state index contributed by atoms with van der Waals surface area (Å²) >= 11 is 0. The first kappa shape index (κ1) is 20.0. The van der Waals surface area contributed by atoms with Gasteiger partial charge in [-0.3, -0.25) is 14.4 Å². The zero-order valence-corrected chi connectivity index (χ0v) is 17.3. The van der Waals surface area contributed by atoms with Crippen molar-refractivity contribution in [3.8, 4) is 0 Å². The number of ether oxygens (including phenoxy) is 1. The Kier molecular flexibility index (Phi) is 4.95. The molecule has 0 saturated heterocycles. The van der Waals surface area contributed by atoms with Crippen LogP contribution in [0.5, 0.6) is 0 Å². The summed E-state index contributed by atoms with van der Waals surface area (Å²) in [6.45, 7) is 5.34. The molecule has 4 rings (SSSR count). The van der Waals surface area contributed by atoms with Crippen molar-refractivity contribution in [1.82, 2.24) is 0 Å². The molecule has 0 aromatic rings. The molecule has 0 aromatic heterocycles. The van der Waals surface area contributed by atoms with E-state index in [9.17, 15) is 14.4 Å². The van der Waals surface area contributed by atoms with Crippen molar-refractivity contribution in [1.29, 1.82) is 0 Å². The van der Waals surface area contributed by atoms with Crippen LogP contribution in [-0.4, -0.2) is 30.3 Å². The highest BCUT2D eigenvalue weighted by Crippen LogP contribution is 2.67. The van der Waals surface area contributed by atoms with E-state index in [1.807, 2.05) is 6.92 Å². The van der Waals surface area contributed by atoms with Crippen LogP contribution in [0.25, 0.3) is 0 Å². The van der Waals surface area contributed by atoms with Gasteiger partial charge in [0.2, 0.25) is 0 Å². The van der Waals surface area contributed by atoms with Crippen LogP contribution >= 0.6 is 0 Å². The number of ketones is 2. The average molecular weight is 393 g/mol. The zero-order valence-electron chi connectivity index (χ0n) is 17.3. The third-order valence-corrected chi connectivity index (χ3v) is 9.34. The van der Waals surface area contributed by atoms with Crippen molar-refractivity contribution in [3.05, 3.63) is 0 Å². The fourth-order valence-electron chi connectivity index (χ4n) is 7.76. The third kappa shape index (κ3) is 2.87. The van der Waals surface area contributed by atoms with Gasteiger partial charge in [-0.2, -0.15) is 0 Å². The number of Topliss-reactive ketones (excluding diaryl/α,β-unsaturated/α-hetero) is 2. The predicted octanol–water partition coefficient (Wildman–Crippen LogP) is 4.29. The lowest BCUT2D eigenvalue weighted by Crippen LogP contribution is -2.58. The summed E-state index contributed by atoms with van der Waals surface area (Å²) in [6.07, 6.45) is 5.38. The minimum Gasteiger partial charge on any atom is -0.458 e. The second-order valence-electron chi connectivity index (χ2n) is 10.3. The molecule has 0 N–H and O–H groups in total. The van der Waals surface area contributed by atoms with Crippen LogP contribution in [0.1, 0.15) is 72.1 Å². The summed E-state index contributed by atoms with van der Waals surface area (Å²) in [5, 5.41) is 0. The maximum absolute atomic E-state index is 15.8. The summed E-state index contributed by atoms with van der Waals surface area (Å²) in [5.41, 5.74) is -0.589. The lowest BCUT2D eigenvalue weighted by atomic mass is 9.44. The van der Waals surface area contributed by atoms with Gasteiger partial charge in [0.1, 0.15) is 18.6 Å². The van der Waals surface area contributed by atoms with Crippen molar-refractivity contribution in [3.63, 3.8) is 0 Å². The topological polar surface area (TPSA) is 60.4 Å². The largest absolute Gasteiger partial charge is 0.458 e. The molecule has 2 unspecified atom stereocenters. The molecule has 4 saturated carbocycles. The SMILES string of the molecule is CC(=O)OCC(=O)[C@H]1CC[C@H]2[C@@H]3CCC4CC(=O)CC[C@]4(C)[C@H]3CC(F)[C@]12C. The van der Waals surface area contributed by atoms with E-state index in [1.54, 1.807) is 0 Å². The van der Waals surface area contributed by atoms with Crippen LogP contribution < -0.4 is 0 Å². The van der Waals surface area contributed by atoms with Gasteiger partial charge < -0.3 is 4.74 Å². The van der Waals surface area contributed by atoms with E-state index >= 15 is 4.39 Å². The maximum atomic E-state index is 15.8. The molecule has 156 valence electrons. The molecule has 4 aliphatic carbocycles. The number of carbonyl (C=O) groups excluding carboxylic acids is 3. The summed E-state index contributed by atoms with van der Waals surface area (Å²) in [7, 11) is 0. The zero-order chi connectivity index (χ0) is 20.3. The molecule has 4 fully saturated rings. The molecule has 8 atom stereocenters. The van der Waals surface area contributed by atoms with Gasteiger partial charge in [0.15, 0.2) is 5.78 Å². The van der Waals surface area contributed by atoms with Crippen LogP contribution in [-0.2, 0) is 19.1 Å². The number of rotatable bonds is 3.